The minimum atomic E-state index is -1.30. The molecule has 1 heterocycles. The highest BCUT2D eigenvalue weighted by Gasteiger charge is 2.39. The van der Waals surface area contributed by atoms with Gasteiger partial charge in [-0.15, -0.1) is 0 Å². The zero-order valence-corrected chi connectivity index (χ0v) is 23.8. The largest absolute Gasteiger partial charge is 0.504 e. The van der Waals surface area contributed by atoms with Gasteiger partial charge in [-0.3, -0.25) is 0 Å². The lowest BCUT2D eigenvalue weighted by Crippen LogP contribution is -2.29. The van der Waals surface area contributed by atoms with E-state index in [1.54, 1.807) is 30.4 Å². The van der Waals surface area contributed by atoms with E-state index >= 15 is 0 Å². The summed E-state index contributed by atoms with van der Waals surface area (Å²) in [5, 5.41) is 50.6. The number of hydrogen-bond donors (Lipinski definition) is 5. The van der Waals surface area contributed by atoms with Crippen molar-refractivity contribution in [3.05, 3.63) is 70.8 Å². The topological polar surface area (TPSA) is 157 Å². The molecule has 0 amide bonds. The number of aliphatic hydroxyl groups is 4. The molecule has 3 aromatic carbocycles. The number of phenolic OH excluding ortho intramolecular Hbond substituents is 1. The minimum absolute atomic E-state index is 0.0956. The van der Waals surface area contributed by atoms with Crippen molar-refractivity contribution >= 4 is 6.08 Å². The number of benzene rings is 3. The maximum Gasteiger partial charge on any atom is 0.204 e. The van der Waals surface area contributed by atoms with E-state index in [-0.39, 0.29) is 42.0 Å². The van der Waals surface area contributed by atoms with Crippen molar-refractivity contribution in [1.82, 2.24) is 0 Å². The molecule has 4 atom stereocenters. The Morgan fingerprint density at radius 3 is 2.10 bits per heavy atom. The summed E-state index contributed by atoms with van der Waals surface area (Å²) < 4.78 is 34.3. The Morgan fingerprint density at radius 1 is 0.857 bits per heavy atom. The van der Waals surface area contributed by atoms with E-state index in [2.05, 4.69) is 0 Å². The van der Waals surface area contributed by atoms with Crippen molar-refractivity contribution in [3.8, 4) is 40.2 Å². The Balaban J connectivity index is 1.69. The van der Waals surface area contributed by atoms with Crippen LogP contribution in [0.5, 0.6) is 40.2 Å². The van der Waals surface area contributed by atoms with Crippen molar-refractivity contribution in [2.45, 2.75) is 24.2 Å². The first-order valence-corrected chi connectivity index (χ1v) is 13.2. The molecule has 0 saturated carbocycles. The van der Waals surface area contributed by atoms with Crippen molar-refractivity contribution in [1.29, 1.82) is 0 Å². The van der Waals surface area contributed by atoms with Crippen LogP contribution < -0.4 is 28.4 Å². The second-order valence-electron chi connectivity index (χ2n) is 9.52. The molecular formula is C31H36O11. The van der Waals surface area contributed by atoms with Crippen LogP contribution >= 0.6 is 0 Å². The van der Waals surface area contributed by atoms with E-state index in [1.165, 1.54) is 46.6 Å². The molecule has 42 heavy (non-hydrogen) atoms. The van der Waals surface area contributed by atoms with E-state index in [0.29, 0.717) is 22.6 Å². The van der Waals surface area contributed by atoms with Gasteiger partial charge in [-0.05, 0) is 47.5 Å². The van der Waals surface area contributed by atoms with E-state index in [9.17, 15) is 25.5 Å². The summed E-state index contributed by atoms with van der Waals surface area (Å²) in [5.41, 5.74) is 2.49. The zero-order chi connectivity index (χ0) is 30.4. The fourth-order valence-electron chi connectivity index (χ4n) is 4.98. The van der Waals surface area contributed by atoms with Gasteiger partial charge >= 0.3 is 0 Å². The lowest BCUT2D eigenvalue weighted by Gasteiger charge is -2.26. The van der Waals surface area contributed by atoms with Crippen LogP contribution in [0.25, 0.3) is 6.08 Å². The highest BCUT2D eigenvalue weighted by Crippen LogP contribution is 2.53. The first kappa shape index (κ1) is 30.8. The molecule has 0 saturated heterocycles. The average Bonchev–Trinajstić information content (AvgIpc) is 3.40. The minimum Gasteiger partial charge on any atom is -0.504 e. The number of hydrogen-bond acceptors (Lipinski definition) is 11. The maximum absolute atomic E-state index is 11.0. The summed E-state index contributed by atoms with van der Waals surface area (Å²) in [6, 6.07) is 11.3. The predicted molar refractivity (Wildman–Crippen MR) is 153 cm³/mol. The van der Waals surface area contributed by atoms with Crippen molar-refractivity contribution < 1.29 is 54.0 Å². The van der Waals surface area contributed by atoms with Crippen LogP contribution in [0.15, 0.2) is 48.5 Å². The molecule has 11 heteroatoms. The summed E-state index contributed by atoms with van der Waals surface area (Å²) in [6.45, 7) is -0.905. The van der Waals surface area contributed by atoms with Crippen molar-refractivity contribution in [3.63, 3.8) is 0 Å². The summed E-state index contributed by atoms with van der Waals surface area (Å²) in [7, 11) is 5.80. The molecule has 0 bridgehead atoms. The Bertz CT molecular complexity index is 1380. The average molecular weight is 585 g/mol. The highest BCUT2D eigenvalue weighted by atomic mass is 16.6. The van der Waals surface area contributed by atoms with E-state index < -0.39 is 30.8 Å². The zero-order valence-electron chi connectivity index (χ0n) is 23.8. The Hall–Kier alpha value is -4.16. The molecule has 11 nitrogen and oxygen atoms in total. The van der Waals surface area contributed by atoms with Gasteiger partial charge in [-0.2, -0.15) is 0 Å². The van der Waals surface area contributed by atoms with Gasteiger partial charge in [0.05, 0.1) is 54.2 Å². The van der Waals surface area contributed by atoms with Crippen LogP contribution in [0.1, 0.15) is 40.4 Å². The van der Waals surface area contributed by atoms with E-state index in [0.717, 1.165) is 11.1 Å². The molecule has 0 radical (unpaired) electrons. The molecule has 1 aliphatic heterocycles. The number of aromatic hydroxyl groups is 1. The van der Waals surface area contributed by atoms with Gasteiger partial charge in [0, 0.05) is 11.1 Å². The molecule has 226 valence electrons. The van der Waals surface area contributed by atoms with Crippen LogP contribution in [0.2, 0.25) is 0 Å². The second-order valence-corrected chi connectivity index (χ2v) is 9.52. The number of methoxy groups -OCH3 is 4. The molecule has 0 fully saturated rings. The van der Waals surface area contributed by atoms with E-state index in [1.807, 2.05) is 6.07 Å². The lowest BCUT2D eigenvalue weighted by molar-refractivity contribution is -0.00180. The first-order valence-electron chi connectivity index (χ1n) is 13.2. The molecule has 0 aliphatic carbocycles. The predicted octanol–water partition coefficient (Wildman–Crippen LogP) is 3.12. The molecule has 1 aliphatic rings. The van der Waals surface area contributed by atoms with Gasteiger partial charge in [0.15, 0.2) is 40.6 Å². The quantitative estimate of drug-likeness (QED) is 0.201. The van der Waals surface area contributed by atoms with Crippen LogP contribution in [0.4, 0.5) is 0 Å². The SMILES string of the molecule is COc1cc([C@H](O)[C@@H](CO)Oc2c(OC)cc([C@@H]3Oc4c(OC)cc(/C=C/CO)cc4[C@H]3CO)cc2OC)ccc1O. The number of ether oxygens (including phenoxy) is 6. The Morgan fingerprint density at radius 2 is 1.52 bits per heavy atom. The number of fused-ring (bicyclic) bond motifs is 1. The molecule has 3 aromatic rings. The van der Waals surface area contributed by atoms with Crippen molar-refractivity contribution in [2.75, 3.05) is 48.3 Å². The molecule has 0 aromatic heterocycles. The summed E-state index contributed by atoms with van der Waals surface area (Å²) in [4.78, 5) is 0. The third-order valence-electron chi connectivity index (χ3n) is 7.11. The van der Waals surface area contributed by atoms with Gasteiger partial charge in [-0.1, -0.05) is 18.2 Å². The summed E-state index contributed by atoms with van der Waals surface area (Å²) >= 11 is 0. The second kappa shape index (κ2) is 13.7. The third-order valence-corrected chi connectivity index (χ3v) is 7.11. The number of phenols is 1. The van der Waals surface area contributed by atoms with Crippen molar-refractivity contribution in [2.24, 2.45) is 0 Å². The highest BCUT2D eigenvalue weighted by molar-refractivity contribution is 5.63. The summed E-state index contributed by atoms with van der Waals surface area (Å²) in [6.07, 6.45) is 0.275. The van der Waals surface area contributed by atoms with Gasteiger partial charge in [0.1, 0.15) is 12.2 Å². The van der Waals surface area contributed by atoms with Gasteiger partial charge < -0.3 is 54.0 Å². The normalized spacial score (nSPS) is 17.3. The third kappa shape index (κ3) is 6.04. The number of rotatable bonds is 13. The molecule has 5 N–H and O–H groups in total. The summed E-state index contributed by atoms with van der Waals surface area (Å²) in [5.74, 6) is 1.20. The standard InChI is InChI=1S/C31H36O11/c1-37-23-12-18(7-8-22(23)35)28(36)27(16-34)41-31-25(39-3)13-19(14-26(31)40-4)29-21(15-33)20-10-17(6-5-9-32)11-24(38-2)30(20)42-29/h5-8,10-14,21,27-29,32-36H,9,15-16H2,1-4H3/b6-5+/t21-,27-,28+,29+/m1/s1. The van der Waals surface area contributed by atoms with Crippen LogP contribution in [-0.4, -0.2) is 79.9 Å². The smallest absolute Gasteiger partial charge is 0.204 e. The van der Waals surface area contributed by atoms with Crippen LogP contribution in [-0.2, 0) is 0 Å². The molecular weight excluding hydrogens is 548 g/mol. The monoisotopic (exact) mass is 584 g/mol. The van der Waals surface area contributed by atoms with Crippen LogP contribution in [0.3, 0.4) is 0 Å². The lowest BCUT2D eigenvalue weighted by atomic mass is 9.90. The molecule has 0 unspecified atom stereocenters. The van der Waals surface area contributed by atoms with E-state index in [4.69, 9.17) is 28.4 Å². The maximum atomic E-state index is 11.0. The molecule has 4 rings (SSSR count). The fourth-order valence-corrected chi connectivity index (χ4v) is 4.98. The first-order chi connectivity index (χ1) is 20.3. The number of aliphatic hydroxyl groups excluding tert-OH is 4. The van der Waals surface area contributed by atoms with Gasteiger partial charge in [0.25, 0.3) is 0 Å². The Kier molecular flexibility index (Phi) is 10.0. The van der Waals surface area contributed by atoms with Gasteiger partial charge in [0.2, 0.25) is 5.75 Å². The fraction of sp³-hybridized carbons (Fsp3) is 0.355. The van der Waals surface area contributed by atoms with Gasteiger partial charge in [-0.25, -0.2) is 0 Å². The molecule has 0 spiro atoms. The Labute approximate surface area is 243 Å². The van der Waals surface area contributed by atoms with Crippen LogP contribution in [0, 0.1) is 0 Å².